The van der Waals surface area contributed by atoms with Gasteiger partial charge in [-0.15, -0.1) is 0 Å². The Morgan fingerprint density at radius 1 is 1.28 bits per heavy atom. The number of aromatic nitrogens is 3. The third-order valence-electron chi connectivity index (χ3n) is 4.50. The Balaban J connectivity index is 1.64. The molecule has 0 aliphatic carbocycles. The van der Waals surface area contributed by atoms with Gasteiger partial charge in [-0.3, -0.25) is 0 Å². The summed E-state index contributed by atoms with van der Waals surface area (Å²) in [7, 11) is 0. The van der Waals surface area contributed by atoms with Crippen molar-refractivity contribution in [1.82, 2.24) is 19.9 Å². The molecule has 29 heavy (non-hydrogen) atoms. The third-order valence-corrected chi connectivity index (χ3v) is 6.81. The van der Waals surface area contributed by atoms with Crippen molar-refractivity contribution >= 4 is 51.2 Å². The molecule has 4 rings (SSSR count). The number of benzene rings is 1. The lowest BCUT2D eigenvalue weighted by molar-refractivity contribution is 0.174. The number of nitrogens with two attached hydrogens (primary N) is 1. The molecule has 0 amide bonds. The van der Waals surface area contributed by atoms with E-state index in [1.54, 1.807) is 18.0 Å². The number of imidazole rings is 1. The van der Waals surface area contributed by atoms with Crippen molar-refractivity contribution in [2.24, 2.45) is 0 Å². The molecular weight excluding hydrogens is 498 g/mol. The Bertz CT molecular complexity index is 1050. The number of aryl methyl sites for hydroxylation is 1. The summed E-state index contributed by atoms with van der Waals surface area (Å²) in [6.45, 7) is 8.56. The molecule has 1 aromatic carbocycles. The normalized spacial score (nSPS) is 13.4. The predicted molar refractivity (Wildman–Crippen MR) is 124 cm³/mol. The van der Waals surface area contributed by atoms with Gasteiger partial charge in [0.15, 0.2) is 22.5 Å². The molecule has 1 aliphatic rings. The summed E-state index contributed by atoms with van der Waals surface area (Å²) in [4.78, 5) is 10.1. The van der Waals surface area contributed by atoms with E-state index in [-0.39, 0.29) is 12.3 Å². The van der Waals surface area contributed by atoms with Gasteiger partial charge in [0, 0.05) is 26.7 Å². The first-order valence-electron chi connectivity index (χ1n) is 9.44. The number of hydrogen-bond donors (Lipinski definition) is 2. The largest absolute Gasteiger partial charge is 0.454 e. The van der Waals surface area contributed by atoms with Crippen LogP contribution in [0.5, 0.6) is 11.5 Å². The molecule has 0 fully saturated rings. The summed E-state index contributed by atoms with van der Waals surface area (Å²) in [6.07, 6.45) is 2.72. The van der Waals surface area contributed by atoms with E-state index in [2.05, 4.69) is 58.2 Å². The molecule has 3 aromatic rings. The van der Waals surface area contributed by atoms with E-state index in [0.29, 0.717) is 5.82 Å². The number of halogens is 1. The molecule has 7 nitrogen and oxygen atoms in total. The highest BCUT2D eigenvalue weighted by Gasteiger charge is 2.20. The fourth-order valence-corrected chi connectivity index (χ4v) is 4.85. The highest BCUT2D eigenvalue weighted by molar-refractivity contribution is 14.1. The number of rotatable bonds is 6. The maximum atomic E-state index is 6.10. The molecule has 1 aliphatic heterocycles. The zero-order chi connectivity index (χ0) is 20.6. The van der Waals surface area contributed by atoms with Gasteiger partial charge >= 0.3 is 0 Å². The van der Waals surface area contributed by atoms with Crippen molar-refractivity contribution in [3.63, 3.8) is 0 Å². The van der Waals surface area contributed by atoms with Crippen LogP contribution in [0.4, 0.5) is 5.82 Å². The van der Waals surface area contributed by atoms with E-state index >= 15 is 0 Å². The van der Waals surface area contributed by atoms with Gasteiger partial charge in [-0.2, -0.15) is 0 Å². The lowest BCUT2D eigenvalue weighted by atomic mass is 10.1. The molecule has 3 N–H and O–H groups in total. The zero-order valence-corrected chi connectivity index (χ0v) is 19.6. The van der Waals surface area contributed by atoms with E-state index in [9.17, 15) is 0 Å². The van der Waals surface area contributed by atoms with Crippen LogP contribution >= 0.6 is 34.4 Å². The van der Waals surface area contributed by atoms with Crippen LogP contribution in [0.25, 0.3) is 11.0 Å². The number of pyridine rings is 1. The number of anilines is 1. The number of ether oxygens (including phenoxy) is 2. The van der Waals surface area contributed by atoms with Gasteiger partial charge in [-0.1, -0.05) is 11.8 Å². The molecule has 154 valence electrons. The molecule has 3 heterocycles. The maximum absolute atomic E-state index is 6.10. The Morgan fingerprint density at radius 3 is 2.79 bits per heavy atom. The van der Waals surface area contributed by atoms with Gasteiger partial charge in [-0.25, -0.2) is 9.97 Å². The highest BCUT2D eigenvalue weighted by atomic mass is 124. The van der Waals surface area contributed by atoms with Crippen LogP contribution in [0.1, 0.15) is 27.2 Å². The number of hydrogen-bond acceptors (Lipinski definition) is 7. The minimum absolute atomic E-state index is 0.103. The van der Waals surface area contributed by atoms with E-state index in [1.165, 1.54) is 0 Å². The summed E-state index contributed by atoms with van der Waals surface area (Å²) in [5, 5.41) is 4.44. The van der Waals surface area contributed by atoms with Gasteiger partial charge in [0.2, 0.25) is 6.79 Å². The minimum atomic E-state index is 0.103. The predicted octanol–water partition coefficient (Wildman–Crippen LogP) is 4.28. The molecule has 0 bridgehead atoms. The van der Waals surface area contributed by atoms with Gasteiger partial charge in [0.1, 0.15) is 5.52 Å². The molecule has 0 spiro atoms. The summed E-state index contributed by atoms with van der Waals surface area (Å²) in [6, 6.07) is 5.99. The minimum Gasteiger partial charge on any atom is -0.454 e. The standard InChI is InChI=1S/C20H24IN5O2S/c1-20(2,3)24-6-4-8-26-13-5-7-23-18(22)17(13)25-19(26)29-16-10-15-14(9-12(16)21)27-11-28-15/h5,7,9-10,24H,4,6,8,11H2,1-3H3,(H2,22,23)/i21-3. The van der Waals surface area contributed by atoms with Crippen LogP contribution < -0.4 is 20.5 Å². The van der Waals surface area contributed by atoms with Crippen molar-refractivity contribution in [3.05, 3.63) is 28.0 Å². The second-order valence-electron chi connectivity index (χ2n) is 7.88. The Labute approximate surface area is 187 Å². The number of nitrogen functional groups attached to an aromatic ring is 1. The molecule has 0 atom stereocenters. The van der Waals surface area contributed by atoms with Crippen LogP contribution in [0, 0.1) is 3.57 Å². The highest BCUT2D eigenvalue weighted by Crippen LogP contribution is 2.41. The second kappa shape index (κ2) is 8.19. The molecular formula is C20H24IN5O2S. The lowest BCUT2D eigenvalue weighted by Crippen LogP contribution is -2.36. The quantitative estimate of drug-likeness (QED) is 0.369. The Morgan fingerprint density at radius 2 is 2.03 bits per heavy atom. The first kappa shape index (κ1) is 20.5. The molecule has 0 saturated carbocycles. The van der Waals surface area contributed by atoms with Crippen molar-refractivity contribution in [2.45, 2.75) is 49.3 Å². The van der Waals surface area contributed by atoms with Crippen LogP contribution in [-0.4, -0.2) is 33.4 Å². The van der Waals surface area contributed by atoms with Crippen LogP contribution in [0.3, 0.4) is 0 Å². The number of nitrogens with zero attached hydrogens (tertiary/aromatic N) is 3. The van der Waals surface area contributed by atoms with Crippen molar-refractivity contribution in [3.8, 4) is 11.5 Å². The van der Waals surface area contributed by atoms with Gasteiger partial charge < -0.3 is 25.1 Å². The first-order valence-corrected chi connectivity index (χ1v) is 11.3. The van der Waals surface area contributed by atoms with E-state index in [4.69, 9.17) is 20.2 Å². The Kier molecular flexibility index (Phi) is 5.80. The zero-order valence-electron chi connectivity index (χ0n) is 16.7. The molecule has 0 unspecified atom stereocenters. The fourth-order valence-electron chi connectivity index (χ4n) is 3.12. The van der Waals surface area contributed by atoms with Crippen molar-refractivity contribution in [1.29, 1.82) is 0 Å². The Hall–Kier alpha value is -1.72. The fraction of sp³-hybridized carbons (Fsp3) is 0.400. The molecule has 0 radical (unpaired) electrons. The second-order valence-corrected chi connectivity index (χ2v) is 10.0. The average Bonchev–Trinajstić information content (AvgIpc) is 3.23. The maximum Gasteiger partial charge on any atom is 0.231 e. The van der Waals surface area contributed by atoms with E-state index < -0.39 is 0 Å². The van der Waals surface area contributed by atoms with Gasteiger partial charge in [-0.05, 0) is 74.5 Å². The SMILES string of the molecule is CC(C)(C)NCCCn1c(Sc2cc3c(cc2[124I])OCO3)nc2c(N)nccc21. The molecule has 2 aromatic heterocycles. The summed E-state index contributed by atoms with van der Waals surface area (Å²) < 4.78 is 14.3. The monoisotopic (exact) mass is 522 g/mol. The van der Waals surface area contributed by atoms with Crippen molar-refractivity contribution in [2.75, 3.05) is 19.1 Å². The average molecular weight is 522 g/mol. The van der Waals surface area contributed by atoms with E-state index in [0.717, 1.165) is 55.7 Å². The molecule has 0 saturated heterocycles. The number of fused-ring (bicyclic) bond motifs is 2. The summed E-state index contributed by atoms with van der Waals surface area (Å²) >= 11 is 3.93. The number of nitrogens with one attached hydrogen (secondary N) is 1. The summed E-state index contributed by atoms with van der Waals surface area (Å²) in [5.74, 6) is 2.01. The topological polar surface area (TPSA) is 87.2 Å². The van der Waals surface area contributed by atoms with Gasteiger partial charge in [0.25, 0.3) is 0 Å². The smallest absolute Gasteiger partial charge is 0.231 e. The van der Waals surface area contributed by atoms with Crippen molar-refractivity contribution < 1.29 is 9.47 Å². The first-order chi connectivity index (χ1) is 13.8. The summed E-state index contributed by atoms with van der Waals surface area (Å²) in [5.41, 5.74) is 7.95. The van der Waals surface area contributed by atoms with Crippen LogP contribution in [0.2, 0.25) is 0 Å². The third kappa shape index (κ3) is 4.56. The molecule has 9 heteroatoms. The lowest BCUT2D eigenvalue weighted by Gasteiger charge is -2.20. The van der Waals surface area contributed by atoms with E-state index in [1.807, 2.05) is 18.2 Å². The van der Waals surface area contributed by atoms with Gasteiger partial charge in [0.05, 0.1) is 5.52 Å². The van der Waals surface area contributed by atoms with Crippen LogP contribution in [0.15, 0.2) is 34.4 Å². The van der Waals surface area contributed by atoms with Crippen LogP contribution in [-0.2, 0) is 6.54 Å².